The minimum atomic E-state index is -0.299. The van der Waals surface area contributed by atoms with Crippen LogP contribution in [0.2, 0.25) is 0 Å². The molecule has 3 heteroatoms. The van der Waals surface area contributed by atoms with Gasteiger partial charge in [0.1, 0.15) is 0 Å². The third-order valence-corrected chi connectivity index (χ3v) is 5.04. The second-order valence-corrected chi connectivity index (χ2v) is 7.43. The number of halogens is 1. The summed E-state index contributed by atoms with van der Waals surface area (Å²) in [4.78, 5) is 4.56. The van der Waals surface area contributed by atoms with Crippen LogP contribution in [0.15, 0.2) is 54.4 Å². The van der Waals surface area contributed by atoms with E-state index in [9.17, 15) is 4.39 Å². The van der Waals surface area contributed by atoms with Crippen molar-refractivity contribution in [3.63, 3.8) is 0 Å². The Kier molecular flexibility index (Phi) is 7.35. The number of allylic oxidation sites excluding steroid dienone is 1. The summed E-state index contributed by atoms with van der Waals surface area (Å²) >= 11 is 0. The average Bonchev–Trinajstić information content (AvgIpc) is 2.64. The normalized spacial score (nSPS) is 13.9. The van der Waals surface area contributed by atoms with Crippen molar-refractivity contribution in [2.24, 2.45) is 0 Å². The van der Waals surface area contributed by atoms with Gasteiger partial charge >= 0.3 is 0 Å². The SMILES string of the molecule is C=C(NC(C)c1ccc(C(C)CCF)cn1)/C(C)=C/c1cc(C)ccc1C. The lowest BCUT2D eigenvalue weighted by molar-refractivity contribution is 0.447. The molecule has 0 saturated heterocycles. The maximum atomic E-state index is 12.5. The Hall–Kier alpha value is -2.42. The first-order valence-electron chi connectivity index (χ1n) is 9.55. The van der Waals surface area contributed by atoms with E-state index < -0.39 is 0 Å². The first kappa shape index (κ1) is 20.9. The zero-order valence-electron chi connectivity index (χ0n) is 17.1. The summed E-state index contributed by atoms with van der Waals surface area (Å²) in [6.07, 6.45) is 4.56. The fourth-order valence-electron chi connectivity index (χ4n) is 2.98. The fourth-order valence-corrected chi connectivity index (χ4v) is 2.98. The van der Waals surface area contributed by atoms with E-state index in [4.69, 9.17) is 0 Å². The monoisotopic (exact) mass is 366 g/mol. The van der Waals surface area contributed by atoms with E-state index in [1.54, 1.807) is 0 Å². The highest BCUT2D eigenvalue weighted by molar-refractivity contribution is 5.60. The van der Waals surface area contributed by atoms with E-state index in [1.807, 2.05) is 25.3 Å². The molecule has 1 N–H and O–H groups in total. The Morgan fingerprint density at radius 3 is 2.59 bits per heavy atom. The van der Waals surface area contributed by atoms with Crippen LogP contribution in [0.5, 0.6) is 0 Å². The van der Waals surface area contributed by atoms with Crippen molar-refractivity contribution in [1.29, 1.82) is 0 Å². The third-order valence-electron chi connectivity index (χ3n) is 5.04. The van der Waals surface area contributed by atoms with Gasteiger partial charge in [-0.05, 0) is 74.4 Å². The maximum Gasteiger partial charge on any atom is 0.0900 e. The summed E-state index contributed by atoms with van der Waals surface area (Å²) in [5, 5.41) is 3.44. The van der Waals surface area contributed by atoms with Crippen LogP contribution in [-0.2, 0) is 0 Å². The molecule has 0 spiro atoms. The summed E-state index contributed by atoms with van der Waals surface area (Å²) in [6.45, 7) is 14.3. The highest BCUT2D eigenvalue weighted by Crippen LogP contribution is 2.22. The quantitative estimate of drug-likeness (QED) is 0.545. The van der Waals surface area contributed by atoms with Crippen LogP contribution in [0.25, 0.3) is 6.08 Å². The van der Waals surface area contributed by atoms with Crippen LogP contribution in [0.3, 0.4) is 0 Å². The molecule has 0 aliphatic carbocycles. The number of hydrogen-bond acceptors (Lipinski definition) is 2. The van der Waals surface area contributed by atoms with E-state index in [2.05, 4.69) is 68.8 Å². The van der Waals surface area contributed by atoms with Gasteiger partial charge in [-0.15, -0.1) is 0 Å². The van der Waals surface area contributed by atoms with Crippen LogP contribution in [0.1, 0.15) is 67.1 Å². The molecule has 1 heterocycles. The lowest BCUT2D eigenvalue weighted by atomic mass is 9.99. The summed E-state index contributed by atoms with van der Waals surface area (Å²) < 4.78 is 12.5. The van der Waals surface area contributed by atoms with Crippen LogP contribution in [0, 0.1) is 13.8 Å². The van der Waals surface area contributed by atoms with Crippen LogP contribution < -0.4 is 5.32 Å². The smallest absolute Gasteiger partial charge is 0.0900 e. The van der Waals surface area contributed by atoms with Gasteiger partial charge in [0.05, 0.1) is 18.4 Å². The third kappa shape index (κ3) is 5.78. The van der Waals surface area contributed by atoms with Crippen molar-refractivity contribution in [3.05, 3.63) is 82.3 Å². The van der Waals surface area contributed by atoms with E-state index in [-0.39, 0.29) is 18.6 Å². The molecule has 0 radical (unpaired) electrons. The van der Waals surface area contributed by atoms with Gasteiger partial charge in [-0.1, -0.05) is 43.3 Å². The number of nitrogens with one attached hydrogen (secondary N) is 1. The van der Waals surface area contributed by atoms with Crippen LogP contribution >= 0.6 is 0 Å². The molecule has 1 aromatic heterocycles. The molecular weight excluding hydrogens is 335 g/mol. The highest BCUT2D eigenvalue weighted by atomic mass is 19.1. The van der Waals surface area contributed by atoms with Gasteiger partial charge in [0.25, 0.3) is 0 Å². The number of rotatable bonds is 8. The summed E-state index contributed by atoms with van der Waals surface area (Å²) in [5.41, 5.74) is 7.73. The van der Waals surface area contributed by atoms with E-state index in [0.717, 1.165) is 22.5 Å². The fraction of sp³-hybridized carbons (Fsp3) is 0.375. The number of pyridine rings is 1. The van der Waals surface area contributed by atoms with Gasteiger partial charge in [-0.2, -0.15) is 0 Å². The van der Waals surface area contributed by atoms with Crippen molar-refractivity contribution in [2.45, 2.75) is 53.0 Å². The number of aryl methyl sites for hydroxylation is 2. The number of aromatic nitrogens is 1. The number of nitrogens with zero attached hydrogens (tertiary/aromatic N) is 1. The molecule has 2 atom stereocenters. The van der Waals surface area contributed by atoms with Gasteiger partial charge in [0, 0.05) is 11.9 Å². The van der Waals surface area contributed by atoms with Crippen molar-refractivity contribution >= 4 is 6.08 Å². The second kappa shape index (κ2) is 9.50. The van der Waals surface area contributed by atoms with Gasteiger partial charge in [0.15, 0.2) is 0 Å². The molecule has 0 fully saturated rings. The second-order valence-electron chi connectivity index (χ2n) is 7.43. The summed E-state index contributed by atoms with van der Waals surface area (Å²) in [7, 11) is 0. The average molecular weight is 367 g/mol. The molecule has 0 amide bonds. The van der Waals surface area contributed by atoms with Crippen LogP contribution in [0.4, 0.5) is 4.39 Å². The molecule has 0 saturated carbocycles. The Bertz CT molecular complexity index is 806. The molecule has 0 bridgehead atoms. The Labute approximate surface area is 163 Å². The lowest BCUT2D eigenvalue weighted by Gasteiger charge is -2.18. The van der Waals surface area contributed by atoms with E-state index in [1.165, 1.54) is 16.7 Å². The molecule has 2 unspecified atom stereocenters. The molecule has 1 aromatic carbocycles. The zero-order valence-corrected chi connectivity index (χ0v) is 17.1. The molecular formula is C24H31FN2. The molecule has 144 valence electrons. The number of alkyl halides is 1. The Balaban J connectivity index is 2.06. The van der Waals surface area contributed by atoms with Crippen molar-refractivity contribution < 1.29 is 4.39 Å². The minimum Gasteiger partial charge on any atom is -0.377 e. The highest BCUT2D eigenvalue weighted by Gasteiger charge is 2.11. The van der Waals surface area contributed by atoms with Gasteiger partial charge in [-0.3, -0.25) is 9.37 Å². The van der Waals surface area contributed by atoms with Gasteiger partial charge in [0.2, 0.25) is 0 Å². The Morgan fingerprint density at radius 1 is 1.22 bits per heavy atom. The molecule has 0 aliphatic rings. The summed E-state index contributed by atoms with van der Waals surface area (Å²) in [5.74, 6) is 0.192. The maximum absolute atomic E-state index is 12.5. The molecule has 27 heavy (non-hydrogen) atoms. The van der Waals surface area contributed by atoms with Gasteiger partial charge < -0.3 is 5.32 Å². The minimum absolute atomic E-state index is 0.0463. The van der Waals surface area contributed by atoms with E-state index >= 15 is 0 Å². The standard InChI is InChI=1S/C24H31FN2/c1-16-7-8-17(2)23(13-16)14-19(4)20(5)27-21(6)24-10-9-22(15-26-24)18(3)11-12-25/h7-10,13-15,18,21,27H,5,11-12H2,1-4,6H3/b19-14+. The van der Waals surface area contributed by atoms with Crippen molar-refractivity contribution in [3.8, 4) is 0 Å². The lowest BCUT2D eigenvalue weighted by Crippen LogP contribution is -2.19. The topological polar surface area (TPSA) is 24.9 Å². The van der Waals surface area contributed by atoms with Gasteiger partial charge in [-0.25, -0.2) is 0 Å². The van der Waals surface area contributed by atoms with E-state index in [0.29, 0.717) is 6.42 Å². The Morgan fingerprint density at radius 2 is 1.96 bits per heavy atom. The predicted molar refractivity (Wildman–Crippen MR) is 114 cm³/mol. The first-order chi connectivity index (χ1) is 12.8. The van der Waals surface area contributed by atoms with Crippen molar-refractivity contribution in [1.82, 2.24) is 10.3 Å². The molecule has 2 nitrogen and oxygen atoms in total. The van der Waals surface area contributed by atoms with Crippen molar-refractivity contribution in [2.75, 3.05) is 6.67 Å². The van der Waals surface area contributed by atoms with Crippen LogP contribution in [-0.4, -0.2) is 11.7 Å². The molecule has 0 aliphatic heterocycles. The summed E-state index contributed by atoms with van der Waals surface area (Å²) in [6, 6.07) is 10.6. The molecule has 2 rings (SSSR count). The first-order valence-corrected chi connectivity index (χ1v) is 9.55. The number of hydrogen-bond donors (Lipinski definition) is 1. The predicted octanol–water partition coefficient (Wildman–Crippen LogP) is 6.43. The molecule has 2 aromatic rings. The largest absolute Gasteiger partial charge is 0.377 e. The zero-order chi connectivity index (χ0) is 20.0. The number of benzene rings is 1.